The van der Waals surface area contributed by atoms with Gasteiger partial charge >= 0.3 is 0 Å². The lowest BCUT2D eigenvalue weighted by atomic mass is 9.75. The molecular formula is C31H32N2O. The molecule has 1 heterocycles. The van der Waals surface area contributed by atoms with Gasteiger partial charge in [-0.15, -0.1) is 0 Å². The second-order valence-corrected chi connectivity index (χ2v) is 9.50. The molecule has 1 amide bonds. The molecule has 0 bridgehead atoms. The first-order valence-electron chi connectivity index (χ1n) is 12.5. The van der Waals surface area contributed by atoms with E-state index in [4.69, 9.17) is 0 Å². The molecule has 3 aromatic carbocycles. The molecule has 34 heavy (non-hydrogen) atoms. The van der Waals surface area contributed by atoms with Crippen molar-refractivity contribution in [3.63, 3.8) is 0 Å². The number of fused-ring (bicyclic) bond motifs is 1. The van der Waals surface area contributed by atoms with Crippen molar-refractivity contribution >= 4 is 16.8 Å². The van der Waals surface area contributed by atoms with Gasteiger partial charge in [-0.3, -0.25) is 9.78 Å². The zero-order valence-corrected chi connectivity index (χ0v) is 19.8. The number of carbonyl (C=O) groups excluding carboxylic acids is 1. The largest absolute Gasteiger partial charge is 0.349 e. The van der Waals surface area contributed by atoms with E-state index in [1.54, 1.807) is 0 Å². The first kappa shape index (κ1) is 22.3. The smallest absolute Gasteiger partial charge is 0.251 e. The highest BCUT2D eigenvalue weighted by molar-refractivity contribution is 5.94. The summed E-state index contributed by atoms with van der Waals surface area (Å²) in [6.45, 7) is 2.18. The first-order chi connectivity index (χ1) is 16.7. The lowest BCUT2D eigenvalue weighted by Gasteiger charge is -2.34. The molecule has 3 nitrogen and oxygen atoms in total. The van der Waals surface area contributed by atoms with E-state index in [1.165, 1.54) is 16.5 Å². The minimum atomic E-state index is 0.0346. The Balaban J connectivity index is 1.19. The predicted octanol–water partition coefficient (Wildman–Crippen LogP) is 7.38. The van der Waals surface area contributed by atoms with Crippen LogP contribution in [-0.4, -0.2) is 16.9 Å². The van der Waals surface area contributed by atoms with Crippen LogP contribution in [0.5, 0.6) is 0 Å². The molecule has 0 unspecified atom stereocenters. The van der Waals surface area contributed by atoms with E-state index < -0.39 is 0 Å². The van der Waals surface area contributed by atoms with Gasteiger partial charge in [0.05, 0.1) is 5.52 Å². The number of para-hydroxylation sites is 1. The Morgan fingerprint density at radius 1 is 0.882 bits per heavy atom. The number of carbonyl (C=O) groups is 1. The number of nitrogens with zero attached hydrogens (tertiary/aromatic N) is 1. The number of benzene rings is 3. The Kier molecular flexibility index (Phi) is 6.71. The number of aromatic nitrogens is 1. The third-order valence-electron chi connectivity index (χ3n) is 7.43. The van der Waals surface area contributed by atoms with Crippen LogP contribution in [0.4, 0.5) is 0 Å². The van der Waals surface area contributed by atoms with Gasteiger partial charge in [0, 0.05) is 23.2 Å². The molecule has 0 aliphatic heterocycles. The van der Waals surface area contributed by atoms with Crippen LogP contribution in [0.15, 0.2) is 91.1 Å². The van der Waals surface area contributed by atoms with Gasteiger partial charge in [-0.05, 0) is 84.9 Å². The van der Waals surface area contributed by atoms with E-state index in [0.29, 0.717) is 11.8 Å². The summed E-state index contributed by atoms with van der Waals surface area (Å²) in [5.41, 5.74) is 5.44. The quantitative estimate of drug-likeness (QED) is 0.334. The van der Waals surface area contributed by atoms with Gasteiger partial charge < -0.3 is 5.32 Å². The van der Waals surface area contributed by atoms with Gasteiger partial charge in [-0.2, -0.15) is 0 Å². The molecule has 1 N–H and O–H groups in total. The number of pyridine rings is 1. The number of nitrogens with one attached hydrogen (secondary N) is 1. The monoisotopic (exact) mass is 448 g/mol. The maximum Gasteiger partial charge on any atom is 0.251 e. The average Bonchev–Trinajstić information content (AvgIpc) is 2.92. The highest BCUT2D eigenvalue weighted by atomic mass is 16.1. The molecule has 1 aromatic heterocycles. The van der Waals surface area contributed by atoms with Crippen LogP contribution in [-0.2, 0) is 0 Å². The number of hydrogen-bond donors (Lipinski definition) is 1. The first-order valence-corrected chi connectivity index (χ1v) is 12.5. The van der Waals surface area contributed by atoms with Crippen LogP contribution >= 0.6 is 0 Å². The maximum atomic E-state index is 13.0. The predicted molar refractivity (Wildman–Crippen MR) is 140 cm³/mol. The molecule has 0 radical (unpaired) electrons. The second-order valence-electron chi connectivity index (χ2n) is 9.50. The van der Waals surface area contributed by atoms with E-state index in [-0.39, 0.29) is 11.9 Å². The SMILES string of the molecule is CC[C@@H](NC(=O)c1ccc(-c2ccccc2)cc1)[C@H]1CC[C@H](c2cnc3ccccc3c2)CC1. The molecule has 1 aliphatic carbocycles. The molecule has 1 atom stereocenters. The number of rotatable bonds is 6. The van der Waals surface area contributed by atoms with Crippen LogP contribution < -0.4 is 5.32 Å². The average molecular weight is 449 g/mol. The van der Waals surface area contributed by atoms with E-state index >= 15 is 0 Å². The van der Waals surface area contributed by atoms with Crippen molar-refractivity contribution in [3.8, 4) is 11.1 Å². The van der Waals surface area contributed by atoms with Crippen LogP contribution in [0, 0.1) is 5.92 Å². The minimum Gasteiger partial charge on any atom is -0.349 e. The zero-order chi connectivity index (χ0) is 23.3. The molecule has 1 saturated carbocycles. The summed E-state index contributed by atoms with van der Waals surface area (Å²) in [7, 11) is 0. The molecule has 0 saturated heterocycles. The van der Waals surface area contributed by atoms with Crippen molar-refractivity contribution < 1.29 is 4.79 Å². The van der Waals surface area contributed by atoms with Crippen molar-refractivity contribution in [2.75, 3.05) is 0 Å². The fourth-order valence-corrected chi connectivity index (χ4v) is 5.42. The van der Waals surface area contributed by atoms with Crippen molar-refractivity contribution in [1.82, 2.24) is 10.3 Å². The Hall–Kier alpha value is -3.46. The van der Waals surface area contributed by atoms with Crippen molar-refractivity contribution in [1.29, 1.82) is 0 Å². The molecule has 172 valence electrons. The van der Waals surface area contributed by atoms with Crippen LogP contribution in [0.1, 0.15) is 60.9 Å². The molecule has 1 aliphatic rings. The molecule has 0 spiro atoms. The highest BCUT2D eigenvalue weighted by Gasteiger charge is 2.28. The summed E-state index contributed by atoms with van der Waals surface area (Å²) < 4.78 is 0. The van der Waals surface area contributed by atoms with E-state index in [0.717, 1.165) is 48.7 Å². The van der Waals surface area contributed by atoms with Crippen LogP contribution in [0.3, 0.4) is 0 Å². The topological polar surface area (TPSA) is 42.0 Å². The molecular weight excluding hydrogens is 416 g/mol. The normalized spacial score (nSPS) is 19.0. The Morgan fingerprint density at radius 2 is 1.56 bits per heavy atom. The fourth-order valence-electron chi connectivity index (χ4n) is 5.42. The van der Waals surface area contributed by atoms with Gasteiger partial charge in [-0.1, -0.05) is 67.6 Å². The van der Waals surface area contributed by atoms with Gasteiger partial charge in [0.2, 0.25) is 0 Å². The lowest BCUT2D eigenvalue weighted by molar-refractivity contribution is 0.0909. The lowest BCUT2D eigenvalue weighted by Crippen LogP contribution is -2.41. The molecule has 5 rings (SSSR count). The summed E-state index contributed by atoms with van der Waals surface area (Å²) in [6.07, 6.45) is 7.62. The Morgan fingerprint density at radius 3 is 2.29 bits per heavy atom. The highest BCUT2D eigenvalue weighted by Crippen LogP contribution is 2.38. The van der Waals surface area contributed by atoms with Crippen molar-refractivity contribution in [3.05, 3.63) is 102 Å². The molecule has 3 heteroatoms. The van der Waals surface area contributed by atoms with Gasteiger partial charge in [0.25, 0.3) is 5.91 Å². The van der Waals surface area contributed by atoms with E-state index in [2.05, 4.69) is 59.8 Å². The Labute approximate surface area is 202 Å². The van der Waals surface area contributed by atoms with Gasteiger partial charge in [-0.25, -0.2) is 0 Å². The Bertz CT molecular complexity index is 1240. The third kappa shape index (κ3) is 4.89. The molecule has 4 aromatic rings. The summed E-state index contributed by atoms with van der Waals surface area (Å²) in [4.78, 5) is 17.7. The maximum absolute atomic E-state index is 13.0. The van der Waals surface area contributed by atoms with Crippen molar-refractivity contribution in [2.45, 2.75) is 51.0 Å². The van der Waals surface area contributed by atoms with E-state index in [9.17, 15) is 4.79 Å². The van der Waals surface area contributed by atoms with E-state index in [1.807, 2.05) is 48.5 Å². The fraction of sp³-hybridized carbons (Fsp3) is 0.290. The summed E-state index contributed by atoms with van der Waals surface area (Å²) in [6, 6.07) is 29.1. The standard InChI is InChI=1S/C31H32N2O/c1-2-29(33-31(34)26-18-14-23(15-19-26)22-8-4-3-5-9-22)25-16-12-24(13-17-25)28-20-27-10-6-7-11-30(27)32-21-28/h3-11,14-15,18-21,24-25,29H,2,12-13,16-17H2,1H3,(H,33,34)/t24-,25-,29-/m1/s1. The van der Waals surface area contributed by atoms with Gasteiger partial charge in [0.1, 0.15) is 0 Å². The summed E-state index contributed by atoms with van der Waals surface area (Å²) in [5, 5.41) is 4.56. The number of amides is 1. The zero-order valence-electron chi connectivity index (χ0n) is 19.8. The summed E-state index contributed by atoms with van der Waals surface area (Å²) >= 11 is 0. The third-order valence-corrected chi connectivity index (χ3v) is 7.43. The second kappa shape index (κ2) is 10.2. The summed E-state index contributed by atoms with van der Waals surface area (Å²) in [5.74, 6) is 1.13. The van der Waals surface area contributed by atoms with Gasteiger partial charge in [0.15, 0.2) is 0 Å². The van der Waals surface area contributed by atoms with Crippen molar-refractivity contribution in [2.24, 2.45) is 5.92 Å². The number of hydrogen-bond acceptors (Lipinski definition) is 2. The minimum absolute atomic E-state index is 0.0346. The van der Waals surface area contributed by atoms with Crippen LogP contribution in [0.25, 0.3) is 22.0 Å². The molecule has 1 fully saturated rings. The van der Waals surface area contributed by atoms with Crippen LogP contribution in [0.2, 0.25) is 0 Å².